The van der Waals surface area contributed by atoms with Gasteiger partial charge < -0.3 is 10.1 Å². The molecular weight excluding hydrogens is 373 g/mol. The van der Waals surface area contributed by atoms with Crippen molar-refractivity contribution in [1.29, 1.82) is 0 Å². The molecule has 2 rings (SSSR count). The van der Waals surface area contributed by atoms with E-state index >= 15 is 0 Å². The van der Waals surface area contributed by atoms with Crippen LogP contribution in [-0.4, -0.2) is 32.7 Å². The van der Waals surface area contributed by atoms with Crippen molar-refractivity contribution in [2.75, 3.05) is 17.7 Å². The smallest absolute Gasteiger partial charge is 0.307 e. The predicted octanol–water partition coefficient (Wildman–Crippen LogP) is 2.79. The van der Waals surface area contributed by atoms with Crippen LogP contribution in [0.4, 0.5) is 10.1 Å². The van der Waals surface area contributed by atoms with Gasteiger partial charge in [-0.3, -0.25) is 9.59 Å². The first-order chi connectivity index (χ1) is 12.7. The summed E-state index contributed by atoms with van der Waals surface area (Å²) >= 11 is 0. The first-order valence-corrected chi connectivity index (χ1v) is 9.83. The maximum atomic E-state index is 12.8. The number of amides is 1. The summed E-state index contributed by atoms with van der Waals surface area (Å²) in [5, 5.41) is 2.43. The molecule has 0 unspecified atom stereocenters. The predicted molar refractivity (Wildman–Crippen MR) is 98.6 cm³/mol. The molecule has 0 saturated heterocycles. The Balaban J connectivity index is 1.82. The van der Waals surface area contributed by atoms with Gasteiger partial charge in [0.25, 0.3) is 5.91 Å². The summed E-state index contributed by atoms with van der Waals surface area (Å²) in [5.41, 5.74) is 2.17. The molecule has 0 aliphatic heterocycles. The third-order valence-corrected chi connectivity index (χ3v) is 5.62. The van der Waals surface area contributed by atoms with Crippen LogP contribution in [0.3, 0.4) is 0 Å². The van der Waals surface area contributed by atoms with Gasteiger partial charge in [-0.2, -0.15) is 0 Å². The summed E-state index contributed by atoms with van der Waals surface area (Å²) in [6.45, 7) is 3.13. The Hall–Kier alpha value is -2.74. The number of aryl methyl sites for hydroxylation is 2. The summed E-state index contributed by atoms with van der Waals surface area (Å²) in [6.07, 6.45) is -0.362. The second-order valence-corrected chi connectivity index (χ2v) is 8.14. The van der Waals surface area contributed by atoms with E-state index in [1.165, 1.54) is 30.3 Å². The lowest BCUT2D eigenvalue weighted by Gasteiger charge is -2.08. The third kappa shape index (κ3) is 6.18. The number of hydrogen-bond acceptors (Lipinski definition) is 5. The van der Waals surface area contributed by atoms with Crippen LogP contribution < -0.4 is 5.32 Å². The molecular formula is C19H20FNO5S. The Morgan fingerprint density at radius 1 is 1.04 bits per heavy atom. The highest BCUT2D eigenvalue weighted by molar-refractivity contribution is 7.91. The second-order valence-electron chi connectivity index (χ2n) is 6.03. The zero-order chi connectivity index (χ0) is 20.0. The quantitative estimate of drug-likeness (QED) is 0.731. The monoisotopic (exact) mass is 393 g/mol. The molecule has 1 N–H and O–H groups in total. The van der Waals surface area contributed by atoms with Gasteiger partial charge in [-0.05, 0) is 61.4 Å². The van der Waals surface area contributed by atoms with Crippen LogP contribution in [0, 0.1) is 19.7 Å². The maximum absolute atomic E-state index is 12.8. The van der Waals surface area contributed by atoms with Gasteiger partial charge in [-0.1, -0.05) is 6.07 Å². The maximum Gasteiger partial charge on any atom is 0.307 e. The molecule has 144 valence electrons. The molecule has 2 aromatic carbocycles. The molecule has 0 aliphatic rings. The van der Waals surface area contributed by atoms with Gasteiger partial charge in [0.15, 0.2) is 16.4 Å². The number of ether oxygens (including phenoxy) is 1. The van der Waals surface area contributed by atoms with E-state index in [1.807, 2.05) is 13.8 Å². The van der Waals surface area contributed by atoms with E-state index < -0.39 is 39.9 Å². The molecule has 0 atom stereocenters. The van der Waals surface area contributed by atoms with Crippen molar-refractivity contribution in [2.24, 2.45) is 0 Å². The number of anilines is 1. The molecule has 6 nitrogen and oxygen atoms in total. The lowest BCUT2D eigenvalue weighted by atomic mass is 10.1. The van der Waals surface area contributed by atoms with Crippen molar-refractivity contribution >= 4 is 27.4 Å². The zero-order valence-corrected chi connectivity index (χ0v) is 15.8. The normalized spacial score (nSPS) is 11.1. The van der Waals surface area contributed by atoms with Crippen molar-refractivity contribution in [3.8, 4) is 0 Å². The van der Waals surface area contributed by atoms with E-state index in [0.29, 0.717) is 5.69 Å². The van der Waals surface area contributed by atoms with E-state index in [2.05, 4.69) is 5.32 Å². The molecule has 0 spiro atoms. The Morgan fingerprint density at radius 3 is 2.33 bits per heavy atom. The molecule has 0 bridgehead atoms. The standard InChI is InChI=1S/C19H20FNO5S/c1-13-3-8-17(11-14(13)2)27(24,25)10-9-19(23)26-12-18(22)21-16-6-4-15(20)5-7-16/h3-8,11H,9-10,12H2,1-2H3,(H,21,22). The molecule has 0 aromatic heterocycles. The minimum atomic E-state index is -3.62. The minimum Gasteiger partial charge on any atom is -0.456 e. The van der Waals surface area contributed by atoms with E-state index in [1.54, 1.807) is 12.1 Å². The first-order valence-electron chi connectivity index (χ1n) is 8.18. The fourth-order valence-corrected chi connectivity index (χ4v) is 3.49. The fourth-order valence-electron chi connectivity index (χ4n) is 2.19. The van der Waals surface area contributed by atoms with Gasteiger partial charge in [-0.25, -0.2) is 12.8 Å². The zero-order valence-electron chi connectivity index (χ0n) is 15.0. The second kappa shape index (κ2) is 8.77. The van der Waals surface area contributed by atoms with Crippen molar-refractivity contribution in [3.63, 3.8) is 0 Å². The fraction of sp³-hybridized carbons (Fsp3) is 0.263. The largest absolute Gasteiger partial charge is 0.456 e. The van der Waals surface area contributed by atoms with Gasteiger partial charge >= 0.3 is 5.97 Å². The molecule has 2 aromatic rings. The summed E-state index contributed by atoms with van der Waals surface area (Å²) in [6, 6.07) is 9.86. The van der Waals surface area contributed by atoms with Gasteiger partial charge in [0.2, 0.25) is 0 Å². The molecule has 0 aliphatic carbocycles. The van der Waals surface area contributed by atoms with E-state index in [-0.39, 0.29) is 11.3 Å². The number of hydrogen-bond donors (Lipinski definition) is 1. The number of sulfone groups is 1. The number of carbonyl (C=O) groups excluding carboxylic acids is 2. The first kappa shape index (κ1) is 20.6. The number of rotatable bonds is 7. The molecule has 27 heavy (non-hydrogen) atoms. The number of nitrogens with one attached hydrogen (secondary N) is 1. The average Bonchev–Trinajstić information content (AvgIpc) is 2.62. The van der Waals surface area contributed by atoms with Gasteiger partial charge in [-0.15, -0.1) is 0 Å². The van der Waals surface area contributed by atoms with Crippen molar-refractivity contribution < 1.29 is 27.1 Å². The molecule has 0 radical (unpaired) electrons. The SMILES string of the molecule is Cc1ccc(S(=O)(=O)CCC(=O)OCC(=O)Nc2ccc(F)cc2)cc1C. The highest BCUT2D eigenvalue weighted by atomic mass is 32.2. The van der Waals surface area contributed by atoms with Crippen LogP contribution in [0.5, 0.6) is 0 Å². The lowest BCUT2D eigenvalue weighted by molar-refractivity contribution is -0.146. The number of halogens is 1. The Labute approximate surface area is 157 Å². The Kier molecular flexibility index (Phi) is 6.68. The summed E-state index contributed by atoms with van der Waals surface area (Å²) in [5.74, 6) is -2.25. The van der Waals surface area contributed by atoms with Crippen LogP contribution in [0.2, 0.25) is 0 Å². The van der Waals surface area contributed by atoms with E-state index in [4.69, 9.17) is 4.74 Å². The number of benzene rings is 2. The molecule has 0 saturated carbocycles. The molecule has 0 fully saturated rings. The van der Waals surface area contributed by atoms with Crippen LogP contribution >= 0.6 is 0 Å². The van der Waals surface area contributed by atoms with Gasteiger partial charge in [0.1, 0.15) is 5.82 Å². The van der Waals surface area contributed by atoms with E-state index in [0.717, 1.165) is 11.1 Å². The number of carbonyl (C=O) groups is 2. The Morgan fingerprint density at radius 2 is 1.70 bits per heavy atom. The van der Waals surface area contributed by atoms with Crippen molar-refractivity contribution in [3.05, 3.63) is 59.4 Å². The highest BCUT2D eigenvalue weighted by Crippen LogP contribution is 2.17. The topological polar surface area (TPSA) is 89.5 Å². The molecule has 0 heterocycles. The third-order valence-electron chi connectivity index (χ3n) is 3.90. The van der Waals surface area contributed by atoms with Crippen LogP contribution in [0.25, 0.3) is 0 Å². The van der Waals surface area contributed by atoms with Crippen molar-refractivity contribution in [2.45, 2.75) is 25.2 Å². The van der Waals surface area contributed by atoms with Gasteiger partial charge in [0, 0.05) is 5.69 Å². The Bertz CT molecular complexity index is 939. The number of esters is 1. The molecule has 1 amide bonds. The summed E-state index contributed by atoms with van der Waals surface area (Å²) in [7, 11) is -3.62. The highest BCUT2D eigenvalue weighted by Gasteiger charge is 2.18. The van der Waals surface area contributed by atoms with Gasteiger partial charge in [0.05, 0.1) is 17.1 Å². The minimum absolute atomic E-state index is 0.146. The van der Waals surface area contributed by atoms with Crippen LogP contribution in [0.1, 0.15) is 17.5 Å². The van der Waals surface area contributed by atoms with Crippen LogP contribution in [-0.2, 0) is 24.2 Å². The average molecular weight is 393 g/mol. The summed E-state index contributed by atoms with van der Waals surface area (Å²) < 4.78 is 42.2. The van der Waals surface area contributed by atoms with Crippen molar-refractivity contribution in [1.82, 2.24) is 0 Å². The van der Waals surface area contributed by atoms with Crippen LogP contribution in [0.15, 0.2) is 47.4 Å². The van der Waals surface area contributed by atoms with E-state index in [9.17, 15) is 22.4 Å². The lowest BCUT2D eigenvalue weighted by Crippen LogP contribution is -2.22. The summed E-state index contributed by atoms with van der Waals surface area (Å²) in [4.78, 5) is 23.6. The molecule has 8 heteroatoms.